The highest BCUT2D eigenvalue weighted by Gasteiger charge is 2.20. The summed E-state index contributed by atoms with van der Waals surface area (Å²) >= 11 is 5.70. The molecule has 1 aromatic carbocycles. The number of benzene rings is 1. The molecule has 0 aliphatic heterocycles. The molecule has 1 heterocycles. The first-order chi connectivity index (χ1) is 9.08. The smallest absolute Gasteiger partial charge is 0.348 e. The molecule has 2 N–H and O–H groups in total. The van der Waals surface area contributed by atoms with Crippen LogP contribution in [0.5, 0.6) is 0 Å². The summed E-state index contributed by atoms with van der Waals surface area (Å²) in [6.45, 7) is 0. The molecule has 0 saturated carbocycles. The summed E-state index contributed by atoms with van der Waals surface area (Å²) in [5.74, 6) is -0.0327. The number of halogens is 1. The first-order valence-corrected chi connectivity index (χ1v) is 5.66. The average Bonchev–Trinajstić information content (AvgIpc) is 2.36. The van der Waals surface area contributed by atoms with Crippen LogP contribution in [0.3, 0.4) is 0 Å². The SMILES string of the molecule is Nc1nc(C=Cc2ccccc2)nc(Cl)c1[N+](=O)[O-]. The van der Waals surface area contributed by atoms with E-state index >= 15 is 0 Å². The highest BCUT2D eigenvalue weighted by atomic mass is 35.5. The van der Waals surface area contributed by atoms with Crippen LogP contribution in [0.1, 0.15) is 11.4 Å². The van der Waals surface area contributed by atoms with Gasteiger partial charge in [0.15, 0.2) is 5.82 Å². The molecule has 19 heavy (non-hydrogen) atoms. The summed E-state index contributed by atoms with van der Waals surface area (Å²) in [6, 6.07) is 9.46. The summed E-state index contributed by atoms with van der Waals surface area (Å²) in [5.41, 5.74) is 5.95. The van der Waals surface area contributed by atoms with E-state index < -0.39 is 10.6 Å². The molecule has 0 fully saturated rings. The van der Waals surface area contributed by atoms with Gasteiger partial charge in [-0.15, -0.1) is 0 Å². The molecule has 2 rings (SSSR count). The van der Waals surface area contributed by atoms with Crippen molar-refractivity contribution in [2.45, 2.75) is 0 Å². The van der Waals surface area contributed by atoms with E-state index in [2.05, 4.69) is 9.97 Å². The summed E-state index contributed by atoms with van der Waals surface area (Å²) in [5, 5.41) is 10.4. The third kappa shape index (κ3) is 3.05. The third-order valence-electron chi connectivity index (χ3n) is 2.29. The lowest BCUT2D eigenvalue weighted by Gasteiger charge is -1.99. The molecule has 0 atom stereocenters. The van der Waals surface area contributed by atoms with Gasteiger partial charge in [-0.1, -0.05) is 48.0 Å². The fourth-order valence-corrected chi connectivity index (χ4v) is 1.69. The normalized spacial score (nSPS) is 10.8. The number of anilines is 1. The number of nitrogen functional groups attached to an aromatic ring is 1. The zero-order valence-electron chi connectivity index (χ0n) is 9.65. The van der Waals surface area contributed by atoms with Crippen LogP contribution in [0.4, 0.5) is 11.5 Å². The number of nitrogens with zero attached hydrogens (tertiary/aromatic N) is 3. The molecule has 0 unspecified atom stereocenters. The van der Waals surface area contributed by atoms with Crippen molar-refractivity contribution in [2.75, 3.05) is 5.73 Å². The van der Waals surface area contributed by atoms with E-state index in [4.69, 9.17) is 17.3 Å². The minimum Gasteiger partial charge on any atom is -0.378 e. The van der Waals surface area contributed by atoms with Gasteiger partial charge in [0.1, 0.15) is 0 Å². The van der Waals surface area contributed by atoms with Crippen LogP contribution in [0.15, 0.2) is 30.3 Å². The first-order valence-electron chi connectivity index (χ1n) is 5.28. The molecule has 0 radical (unpaired) electrons. The van der Waals surface area contributed by atoms with Crippen LogP contribution in [0.2, 0.25) is 5.15 Å². The molecular formula is C12H9ClN4O2. The van der Waals surface area contributed by atoms with Crippen molar-refractivity contribution >= 4 is 35.3 Å². The van der Waals surface area contributed by atoms with Gasteiger partial charge in [0.25, 0.3) is 0 Å². The molecule has 96 valence electrons. The van der Waals surface area contributed by atoms with Gasteiger partial charge in [0.05, 0.1) is 4.92 Å². The molecule has 0 saturated heterocycles. The van der Waals surface area contributed by atoms with Gasteiger partial charge in [-0.05, 0) is 11.6 Å². The molecule has 7 heteroatoms. The highest BCUT2D eigenvalue weighted by Crippen LogP contribution is 2.27. The van der Waals surface area contributed by atoms with Gasteiger partial charge in [0.2, 0.25) is 11.0 Å². The number of hydrogen-bond acceptors (Lipinski definition) is 5. The Balaban J connectivity index is 2.33. The van der Waals surface area contributed by atoms with E-state index in [0.717, 1.165) is 5.56 Å². The van der Waals surface area contributed by atoms with Crippen LogP contribution >= 0.6 is 11.6 Å². The van der Waals surface area contributed by atoms with Gasteiger partial charge in [0, 0.05) is 0 Å². The predicted molar refractivity (Wildman–Crippen MR) is 73.5 cm³/mol. The summed E-state index contributed by atoms with van der Waals surface area (Å²) < 4.78 is 0. The van der Waals surface area contributed by atoms with Crippen molar-refractivity contribution in [3.05, 3.63) is 57.0 Å². The minimum absolute atomic E-state index is 0.219. The lowest BCUT2D eigenvalue weighted by atomic mass is 10.2. The number of hydrogen-bond donors (Lipinski definition) is 1. The maximum absolute atomic E-state index is 10.7. The molecule has 0 aliphatic carbocycles. The van der Waals surface area contributed by atoms with E-state index in [0.29, 0.717) is 0 Å². The van der Waals surface area contributed by atoms with Crippen LogP contribution in [0, 0.1) is 10.1 Å². The van der Waals surface area contributed by atoms with Crippen LogP contribution in [0.25, 0.3) is 12.2 Å². The fraction of sp³-hybridized carbons (Fsp3) is 0. The zero-order valence-corrected chi connectivity index (χ0v) is 10.4. The monoisotopic (exact) mass is 276 g/mol. The number of nitro groups is 1. The van der Waals surface area contributed by atoms with E-state index in [1.54, 1.807) is 12.2 Å². The van der Waals surface area contributed by atoms with Crippen molar-refractivity contribution in [2.24, 2.45) is 0 Å². The van der Waals surface area contributed by atoms with Gasteiger partial charge in [-0.3, -0.25) is 10.1 Å². The maximum atomic E-state index is 10.7. The van der Waals surface area contributed by atoms with E-state index in [9.17, 15) is 10.1 Å². The Bertz CT molecular complexity index is 620. The summed E-state index contributed by atoms with van der Waals surface area (Å²) in [4.78, 5) is 17.6. The molecular weight excluding hydrogens is 268 g/mol. The second-order valence-electron chi connectivity index (χ2n) is 3.61. The minimum atomic E-state index is -0.706. The van der Waals surface area contributed by atoms with Crippen LogP contribution in [-0.2, 0) is 0 Å². The summed E-state index contributed by atoms with van der Waals surface area (Å²) in [6.07, 6.45) is 3.35. The molecule has 6 nitrogen and oxygen atoms in total. The summed E-state index contributed by atoms with van der Waals surface area (Å²) in [7, 11) is 0. The number of nitrogens with two attached hydrogens (primary N) is 1. The molecule has 0 spiro atoms. The topological polar surface area (TPSA) is 94.9 Å². The predicted octanol–water partition coefficient (Wildman–Crippen LogP) is 2.79. The van der Waals surface area contributed by atoms with Crippen LogP contribution < -0.4 is 5.73 Å². The lowest BCUT2D eigenvalue weighted by molar-refractivity contribution is -0.384. The Hall–Kier alpha value is -2.47. The first kappa shape index (κ1) is 13.0. The Kier molecular flexibility index (Phi) is 3.72. The van der Waals surface area contributed by atoms with Crippen molar-refractivity contribution in [1.29, 1.82) is 0 Å². The van der Waals surface area contributed by atoms with Gasteiger partial charge >= 0.3 is 5.69 Å². The molecule has 0 amide bonds. The van der Waals surface area contributed by atoms with Crippen molar-refractivity contribution in [1.82, 2.24) is 9.97 Å². The van der Waals surface area contributed by atoms with Gasteiger partial charge in [-0.2, -0.15) is 0 Å². The molecule has 0 bridgehead atoms. The molecule has 2 aromatic rings. The Morgan fingerprint density at radius 1 is 1.21 bits per heavy atom. The number of aromatic nitrogens is 2. The highest BCUT2D eigenvalue weighted by molar-refractivity contribution is 6.31. The van der Waals surface area contributed by atoms with Crippen molar-refractivity contribution < 1.29 is 4.92 Å². The van der Waals surface area contributed by atoms with Gasteiger partial charge < -0.3 is 5.73 Å². The quantitative estimate of drug-likeness (QED) is 0.528. The maximum Gasteiger partial charge on any atom is 0.348 e. The molecule has 0 aliphatic rings. The van der Waals surface area contributed by atoms with Crippen molar-refractivity contribution in [3.63, 3.8) is 0 Å². The Morgan fingerprint density at radius 2 is 1.89 bits per heavy atom. The van der Waals surface area contributed by atoms with Crippen molar-refractivity contribution in [3.8, 4) is 0 Å². The van der Waals surface area contributed by atoms with E-state index in [1.165, 1.54) is 0 Å². The van der Waals surface area contributed by atoms with E-state index in [-0.39, 0.29) is 16.8 Å². The van der Waals surface area contributed by atoms with E-state index in [1.807, 2.05) is 30.3 Å². The second kappa shape index (κ2) is 5.45. The largest absolute Gasteiger partial charge is 0.378 e. The Morgan fingerprint density at radius 3 is 2.47 bits per heavy atom. The Labute approximate surface area is 113 Å². The second-order valence-corrected chi connectivity index (χ2v) is 3.97. The lowest BCUT2D eigenvalue weighted by Crippen LogP contribution is -2.03. The standard InChI is InChI=1S/C12H9ClN4O2/c13-11-10(17(18)19)12(14)16-9(15-11)7-6-8-4-2-1-3-5-8/h1-7H,(H2,14,15,16). The fourth-order valence-electron chi connectivity index (χ4n) is 1.44. The number of rotatable bonds is 3. The zero-order chi connectivity index (χ0) is 13.8. The van der Waals surface area contributed by atoms with Gasteiger partial charge in [-0.25, -0.2) is 9.97 Å². The molecule has 1 aromatic heterocycles. The third-order valence-corrected chi connectivity index (χ3v) is 2.56. The van der Waals surface area contributed by atoms with Crippen LogP contribution in [-0.4, -0.2) is 14.9 Å². The average molecular weight is 277 g/mol.